The molecule has 0 aliphatic rings. The van der Waals surface area contributed by atoms with Gasteiger partial charge < -0.3 is 23.5 Å². The average molecular weight is 793 g/mol. The van der Waals surface area contributed by atoms with E-state index in [9.17, 15) is 38.9 Å². The van der Waals surface area contributed by atoms with Gasteiger partial charge in [0, 0.05) is 37.6 Å². The van der Waals surface area contributed by atoms with Gasteiger partial charge in [-0.05, 0) is 122 Å². The smallest absolute Gasteiger partial charge is 0.744 e. The van der Waals surface area contributed by atoms with Gasteiger partial charge in [-0.3, -0.25) is 0 Å². The van der Waals surface area contributed by atoms with Crippen molar-refractivity contribution in [2.45, 2.75) is 41.6 Å². The second kappa shape index (κ2) is 18.8. The predicted molar refractivity (Wildman–Crippen MR) is 190 cm³/mol. The van der Waals surface area contributed by atoms with Crippen LogP contribution in [0.3, 0.4) is 0 Å². The second-order valence-corrected chi connectivity index (χ2v) is 15.8. The zero-order chi connectivity index (χ0) is 37.0. The van der Waals surface area contributed by atoms with Crippen LogP contribution in [0.5, 0.6) is 0 Å². The molecule has 5 aromatic rings. The second-order valence-electron chi connectivity index (χ2n) is 11.7. The Morgan fingerprint density at radius 2 is 0.792 bits per heavy atom. The maximum atomic E-state index is 11.6. The van der Waals surface area contributed by atoms with E-state index in [1.165, 1.54) is 48.5 Å². The SMILES string of the molecule is CCN(Cc1cccc(S(=O)(=O)[O-])c1)c1ccc([C+](c2ccc(N(CC)Cc3cccc(S(=O)(=O)[O-])c3)cc2)c2ccc(S(=O)(=O)[O-])cc2)cc1.[Na+].[Na+]. The number of hydrogen-bond acceptors (Lipinski definition) is 11. The van der Waals surface area contributed by atoms with Gasteiger partial charge in [0.2, 0.25) is 0 Å². The third-order valence-electron chi connectivity index (χ3n) is 8.36. The van der Waals surface area contributed by atoms with E-state index in [1.54, 1.807) is 24.3 Å². The summed E-state index contributed by atoms with van der Waals surface area (Å²) >= 11 is 0. The quantitative estimate of drug-likeness (QED) is 0.0612. The van der Waals surface area contributed by atoms with E-state index in [0.29, 0.717) is 42.9 Å². The molecule has 266 valence electrons. The first-order valence-electron chi connectivity index (χ1n) is 15.8. The summed E-state index contributed by atoms with van der Waals surface area (Å²) in [6, 6.07) is 32.8. The number of benzene rings is 5. The number of rotatable bonds is 14. The minimum atomic E-state index is -4.66. The van der Waals surface area contributed by atoms with Crippen molar-refractivity contribution >= 4 is 41.7 Å². The van der Waals surface area contributed by atoms with E-state index < -0.39 is 30.4 Å². The van der Waals surface area contributed by atoms with Gasteiger partial charge >= 0.3 is 59.1 Å². The molecule has 0 saturated heterocycles. The zero-order valence-corrected chi connectivity index (χ0v) is 36.1. The van der Waals surface area contributed by atoms with Crippen molar-refractivity contribution in [1.29, 1.82) is 0 Å². The van der Waals surface area contributed by atoms with Gasteiger partial charge in [-0.2, -0.15) is 0 Å². The number of nitrogens with zero attached hydrogens (tertiary/aromatic N) is 2. The van der Waals surface area contributed by atoms with Crippen LogP contribution in [-0.2, 0) is 43.4 Å². The van der Waals surface area contributed by atoms with Gasteiger partial charge in [-0.1, -0.05) is 24.3 Å². The summed E-state index contributed by atoms with van der Waals surface area (Å²) in [6.07, 6.45) is 0. The van der Waals surface area contributed by atoms with Gasteiger partial charge in [0.25, 0.3) is 0 Å². The van der Waals surface area contributed by atoms with Crippen molar-refractivity contribution in [3.05, 3.63) is 155 Å². The summed E-state index contributed by atoms with van der Waals surface area (Å²) in [7, 11) is -13.8. The minimum Gasteiger partial charge on any atom is -0.744 e. The van der Waals surface area contributed by atoms with Gasteiger partial charge in [0.05, 0.1) is 37.3 Å². The predicted octanol–water partition coefficient (Wildman–Crippen LogP) is -0.521. The Kier molecular flexibility index (Phi) is 15.8. The van der Waals surface area contributed by atoms with Gasteiger partial charge in [-0.25, -0.2) is 25.3 Å². The molecule has 0 atom stereocenters. The Morgan fingerprint density at radius 1 is 0.472 bits per heavy atom. The number of anilines is 2. The van der Waals surface area contributed by atoms with Gasteiger partial charge in [0.1, 0.15) is 30.4 Å². The third-order valence-corrected chi connectivity index (χ3v) is 10.9. The molecular formula is C37H34N2Na2O9S3. The molecular weight excluding hydrogens is 759 g/mol. The van der Waals surface area contributed by atoms with Gasteiger partial charge in [-0.15, -0.1) is 0 Å². The molecule has 0 amide bonds. The summed E-state index contributed by atoms with van der Waals surface area (Å²) in [6.45, 7) is 5.79. The number of hydrogen-bond donors (Lipinski definition) is 0. The van der Waals surface area contributed by atoms with Crippen LogP contribution in [0.15, 0.2) is 136 Å². The maximum Gasteiger partial charge on any atom is 1.00 e. The van der Waals surface area contributed by atoms with Crippen molar-refractivity contribution in [3.8, 4) is 0 Å². The van der Waals surface area contributed by atoms with E-state index in [1.807, 2.05) is 72.2 Å². The average Bonchev–Trinajstić information content (AvgIpc) is 3.10. The summed E-state index contributed by atoms with van der Waals surface area (Å²) < 4.78 is 104. The molecule has 11 nitrogen and oxygen atoms in total. The van der Waals surface area contributed by atoms with Crippen LogP contribution in [0.25, 0.3) is 0 Å². The molecule has 0 bridgehead atoms. The molecule has 0 aliphatic heterocycles. The van der Waals surface area contributed by atoms with E-state index in [2.05, 4.69) is 0 Å². The summed E-state index contributed by atoms with van der Waals surface area (Å²) in [5.74, 6) is 0.760. The maximum absolute atomic E-state index is 11.6. The van der Waals surface area contributed by atoms with Crippen molar-refractivity contribution in [1.82, 2.24) is 0 Å². The first-order chi connectivity index (χ1) is 24.1. The summed E-state index contributed by atoms with van der Waals surface area (Å²) in [4.78, 5) is 3.10. The monoisotopic (exact) mass is 792 g/mol. The molecule has 0 unspecified atom stereocenters. The van der Waals surface area contributed by atoms with E-state index >= 15 is 0 Å². The van der Waals surface area contributed by atoms with Gasteiger partial charge in [0.15, 0.2) is 0 Å². The molecule has 0 N–H and O–H groups in total. The summed E-state index contributed by atoms with van der Waals surface area (Å²) in [5.41, 5.74) is 5.24. The van der Waals surface area contributed by atoms with Crippen molar-refractivity contribution in [2.24, 2.45) is 0 Å². The molecule has 5 aromatic carbocycles. The molecule has 5 rings (SSSR count). The fourth-order valence-corrected chi connectivity index (χ4v) is 7.33. The Bertz CT molecular complexity index is 2200. The van der Waals surface area contributed by atoms with Crippen molar-refractivity contribution in [2.75, 3.05) is 22.9 Å². The van der Waals surface area contributed by atoms with Crippen LogP contribution < -0.4 is 68.9 Å². The Morgan fingerprint density at radius 3 is 1.09 bits per heavy atom. The molecule has 0 radical (unpaired) electrons. The van der Waals surface area contributed by atoms with Crippen LogP contribution in [-0.4, -0.2) is 52.0 Å². The molecule has 53 heavy (non-hydrogen) atoms. The van der Waals surface area contributed by atoms with Crippen LogP contribution >= 0.6 is 0 Å². The standard InChI is InChI=1S/C37H36N2O9S3.2Na/c1-3-38(25-27-7-5-9-35(23-27)50(43,44)45)32-17-11-29(12-18-32)37(31-15-21-34(22-16-31)49(40,41)42)30-13-19-33(20-14-30)39(4-2)26-28-8-6-10-36(24-28)51(46,47)48;;/h5-24H,3-4,25-26H2,1-2H3,(H2-,40,41,42,43,44,45,46,47,48);;/q;2*+1/p-2. The van der Waals surface area contributed by atoms with E-state index in [4.69, 9.17) is 0 Å². The van der Waals surface area contributed by atoms with Crippen molar-refractivity contribution < 1.29 is 98.0 Å². The molecule has 0 fully saturated rings. The first kappa shape index (κ1) is 44.7. The van der Waals surface area contributed by atoms with Crippen LogP contribution in [0.4, 0.5) is 11.4 Å². The topological polar surface area (TPSA) is 178 Å². The fraction of sp³-hybridized carbons (Fsp3) is 0.162. The van der Waals surface area contributed by atoms with Crippen LogP contribution in [0.1, 0.15) is 41.7 Å². The molecule has 16 heteroatoms. The molecule has 0 saturated carbocycles. The fourth-order valence-electron chi connectivity index (χ4n) is 5.78. The first-order valence-corrected chi connectivity index (χ1v) is 20.0. The molecule has 0 aromatic heterocycles. The van der Waals surface area contributed by atoms with Crippen LogP contribution in [0.2, 0.25) is 0 Å². The van der Waals surface area contributed by atoms with Crippen LogP contribution in [0, 0.1) is 5.92 Å². The summed E-state index contributed by atoms with van der Waals surface area (Å²) in [5, 5.41) is 0. The molecule has 0 spiro atoms. The largest absolute Gasteiger partial charge is 1.00 e. The Hall–Kier alpha value is -2.70. The minimum absolute atomic E-state index is 0. The third kappa shape index (κ3) is 11.7. The Balaban J connectivity index is 0.00000378. The van der Waals surface area contributed by atoms with Crippen molar-refractivity contribution in [3.63, 3.8) is 0 Å². The molecule has 0 heterocycles. The normalized spacial score (nSPS) is 11.6. The van der Waals surface area contributed by atoms with E-state index in [-0.39, 0.29) is 73.8 Å². The van der Waals surface area contributed by atoms with E-state index in [0.717, 1.165) is 28.4 Å². The molecule has 0 aliphatic carbocycles. The Labute approximate surface area is 355 Å². The zero-order valence-electron chi connectivity index (χ0n) is 29.7.